The molecular formula is C16H19ClN4O2. The minimum atomic E-state index is -0.137. The molecule has 1 amide bonds. The summed E-state index contributed by atoms with van der Waals surface area (Å²) in [5, 5.41) is 4.86. The normalized spacial score (nSPS) is 17.5. The van der Waals surface area contributed by atoms with E-state index >= 15 is 0 Å². The van der Waals surface area contributed by atoms with Crippen molar-refractivity contribution in [3.8, 4) is 6.01 Å². The number of rotatable bonds is 4. The van der Waals surface area contributed by atoms with Crippen molar-refractivity contribution in [1.29, 1.82) is 0 Å². The first-order chi connectivity index (χ1) is 11.1. The summed E-state index contributed by atoms with van der Waals surface area (Å²) in [6, 6.07) is 8.22. The fourth-order valence-corrected chi connectivity index (χ4v) is 3.04. The van der Waals surface area contributed by atoms with Crippen LogP contribution in [0.15, 0.2) is 24.3 Å². The number of ether oxygens (including phenoxy) is 1. The van der Waals surface area contributed by atoms with Gasteiger partial charge in [0.05, 0.1) is 7.11 Å². The molecule has 1 aliphatic heterocycles. The number of hydrogen-bond donors (Lipinski definition) is 0. The smallest absolute Gasteiger partial charge is 0.314 e. The Balaban J connectivity index is 1.62. The zero-order valence-electron chi connectivity index (χ0n) is 13.2. The van der Waals surface area contributed by atoms with Gasteiger partial charge in [-0.15, -0.1) is 5.10 Å². The number of carbonyl (C=O) groups excluding carboxylic acids is 1. The second kappa shape index (κ2) is 6.58. The highest BCUT2D eigenvalue weighted by atomic mass is 35.5. The highest BCUT2D eigenvalue weighted by molar-refractivity contribution is 6.30. The number of carbonyl (C=O) groups is 1. The summed E-state index contributed by atoms with van der Waals surface area (Å²) in [4.78, 5) is 18.4. The highest BCUT2D eigenvalue weighted by Crippen LogP contribution is 2.23. The quantitative estimate of drug-likeness (QED) is 0.860. The molecule has 2 aromatic rings. The zero-order valence-corrected chi connectivity index (χ0v) is 14.0. The predicted octanol–water partition coefficient (Wildman–Crippen LogP) is 2.18. The fourth-order valence-electron chi connectivity index (χ4n) is 2.92. The van der Waals surface area contributed by atoms with E-state index in [1.807, 2.05) is 29.2 Å². The van der Waals surface area contributed by atoms with E-state index in [0.29, 0.717) is 11.9 Å². The van der Waals surface area contributed by atoms with Crippen LogP contribution in [0.3, 0.4) is 0 Å². The maximum absolute atomic E-state index is 12.5. The van der Waals surface area contributed by atoms with Crippen molar-refractivity contribution in [2.45, 2.75) is 12.8 Å². The SMILES string of the molecule is COc1nc(C(=O)N2CCC(Cc3ccc(Cl)cc3)C2)nn1C. The summed E-state index contributed by atoms with van der Waals surface area (Å²) in [6.45, 7) is 1.46. The van der Waals surface area contributed by atoms with Crippen LogP contribution >= 0.6 is 11.6 Å². The van der Waals surface area contributed by atoms with Gasteiger partial charge in [0.2, 0.25) is 5.82 Å². The lowest BCUT2D eigenvalue weighted by Crippen LogP contribution is -2.30. The van der Waals surface area contributed by atoms with E-state index in [4.69, 9.17) is 16.3 Å². The van der Waals surface area contributed by atoms with Crippen molar-refractivity contribution < 1.29 is 9.53 Å². The Hall–Kier alpha value is -2.08. The number of methoxy groups -OCH3 is 1. The molecule has 23 heavy (non-hydrogen) atoms. The van der Waals surface area contributed by atoms with Crippen LogP contribution in [-0.4, -0.2) is 45.8 Å². The largest absolute Gasteiger partial charge is 0.467 e. The van der Waals surface area contributed by atoms with E-state index in [-0.39, 0.29) is 11.7 Å². The summed E-state index contributed by atoms with van der Waals surface area (Å²) in [6.07, 6.45) is 1.93. The number of aryl methyl sites for hydroxylation is 1. The van der Waals surface area contributed by atoms with Gasteiger partial charge in [0.1, 0.15) is 0 Å². The number of aromatic nitrogens is 3. The van der Waals surface area contributed by atoms with Gasteiger partial charge in [0, 0.05) is 25.2 Å². The second-order valence-electron chi connectivity index (χ2n) is 5.78. The lowest BCUT2D eigenvalue weighted by Gasteiger charge is -2.14. The number of nitrogens with zero attached hydrogens (tertiary/aromatic N) is 4. The van der Waals surface area contributed by atoms with Crippen molar-refractivity contribution in [2.24, 2.45) is 13.0 Å². The molecule has 1 atom stereocenters. The third-order valence-electron chi connectivity index (χ3n) is 4.11. The van der Waals surface area contributed by atoms with Gasteiger partial charge in [-0.2, -0.15) is 4.98 Å². The van der Waals surface area contributed by atoms with Gasteiger partial charge in [-0.3, -0.25) is 4.79 Å². The fraction of sp³-hybridized carbons (Fsp3) is 0.438. The zero-order chi connectivity index (χ0) is 16.4. The first-order valence-electron chi connectivity index (χ1n) is 7.55. The lowest BCUT2D eigenvalue weighted by molar-refractivity contribution is 0.0774. The van der Waals surface area contributed by atoms with Crippen molar-refractivity contribution in [3.05, 3.63) is 40.7 Å². The lowest BCUT2D eigenvalue weighted by atomic mass is 9.99. The summed E-state index contributed by atoms with van der Waals surface area (Å²) in [5.74, 6) is 0.504. The van der Waals surface area contributed by atoms with Gasteiger partial charge in [0.25, 0.3) is 5.91 Å². The van der Waals surface area contributed by atoms with Gasteiger partial charge in [0.15, 0.2) is 0 Å². The Bertz CT molecular complexity index is 699. The summed E-state index contributed by atoms with van der Waals surface area (Å²) < 4.78 is 6.52. The van der Waals surface area contributed by atoms with Gasteiger partial charge in [-0.1, -0.05) is 23.7 Å². The van der Waals surface area contributed by atoms with Crippen molar-refractivity contribution in [1.82, 2.24) is 19.7 Å². The summed E-state index contributed by atoms with van der Waals surface area (Å²) in [5.41, 5.74) is 1.24. The van der Waals surface area contributed by atoms with Crippen LogP contribution in [0, 0.1) is 5.92 Å². The first-order valence-corrected chi connectivity index (χ1v) is 7.93. The Morgan fingerprint density at radius 2 is 2.13 bits per heavy atom. The number of hydrogen-bond acceptors (Lipinski definition) is 4. The van der Waals surface area contributed by atoms with Crippen molar-refractivity contribution in [2.75, 3.05) is 20.2 Å². The number of halogens is 1. The Kier molecular flexibility index (Phi) is 4.52. The topological polar surface area (TPSA) is 60.2 Å². The van der Waals surface area contributed by atoms with Crippen molar-refractivity contribution >= 4 is 17.5 Å². The van der Waals surface area contributed by atoms with Gasteiger partial charge < -0.3 is 9.64 Å². The Morgan fingerprint density at radius 3 is 2.78 bits per heavy atom. The first kappa shape index (κ1) is 15.8. The van der Waals surface area contributed by atoms with Crippen LogP contribution < -0.4 is 4.74 Å². The van der Waals surface area contributed by atoms with E-state index in [2.05, 4.69) is 10.1 Å². The molecule has 122 valence electrons. The van der Waals surface area contributed by atoms with Crippen molar-refractivity contribution in [3.63, 3.8) is 0 Å². The Labute approximate surface area is 140 Å². The molecule has 0 radical (unpaired) electrons. The molecule has 0 spiro atoms. The number of benzene rings is 1. The molecule has 1 aliphatic rings. The van der Waals surface area contributed by atoms with Crippen LogP contribution in [-0.2, 0) is 13.5 Å². The molecule has 1 unspecified atom stereocenters. The van der Waals surface area contributed by atoms with Crippen LogP contribution in [0.2, 0.25) is 5.02 Å². The molecule has 6 nitrogen and oxygen atoms in total. The second-order valence-corrected chi connectivity index (χ2v) is 6.22. The maximum Gasteiger partial charge on any atom is 0.314 e. The highest BCUT2D eigenvalue weighted by Gasteiger charge is 2.29. The summed E-state index contributed by atoms with van der Waals surface area (Å²) in [7, 11) is 3.21. The van der Waals surface area contributed by atoms with E-state index in [1.165, 1.54) is 17.4 Å². The molecule has 1 saturated heterocycles. The Morgan fingerprint density at radius 1 is 1.39 bits per heavy atom. The molecule has 2 heterocycles. The molecule has 1 aromatic heterocycles. The number of likely N-dealkylation sites (tertiary alicyclic amines) is 1. The van der Waals surface area contributed by atoms with Gasteiger partial charge >= 0.3 is 6.01 Å². The van der Waals surface area contributed by atoms with E-state index in [9.17, 15) is 4.79 Å². The maximum atomic E-state index is 12.5. The molecule has 3 rings (SSSR count). The number of amides is 1. The molecule has 0 saturated carbocycles. The van der Waals surface area contributed by atoms with Crippen LogP contribution in [0.4, 0.5) is 0 Å². The van der Waals surface area contributed by atoms with E-state index in [1.54, 1.807) is 7.05 Å². The van der Waals surface area contributed by atoms with Crippen LogP contribution in [0.25, 0.3) is 0 Å². The molecule has 1 aromatic carbocycles. The minimum Gasteiger partial charge on any atom is -0.467 e. The standard InChI is InChI=1S/C16H19ClN4O2/c1-20-16(23-2)18-14(19-20)15(22)21-8-7-12(10-21)9-11-3-5-13(17)6-4-11/h3-6,12H,7-10H2,1-2H3. The van der Waals surface area contributed by atoms with Gasteiger partial charge in [-0.05, 0) is 36.5 Å². The van der Waals surface area contributed by atoms with Crippen LogP contribution in [0.1, 0.15) is 22.6 Å². The summed E-state index contributed by atoms with van der Waals surface area (Å²) >= 11 is 5.91. The third kappa shape index (κ3) is 3.47. The molecule has 0 bridgehead atoms. The minimum absolute atomic E-state index is 0.137. The van der Waals surface area contributed by atoms with E-state index in [0.717, 1.165) is 31.0 Å². The third-order valence-corrected chi connectivity index (χ3v) is 4.36. The van der Waals surface area contributed by atoms with E-state index < -0.39 is 0 Å². The average Bonchev–Trinajstić information content (AvgIpc) is 3.15. The molecule has 0 aliphatic carbocycles. The molecule has 7 heteroatoms. The molecular weight excluding hydrogens is 316 g/mol. The monoisotopic (exact) mass is 334 g/mol. The van der Waals surface area contributed by atoms with Crippen LogP contribution in [0.5, 0.6) is 6.01 Å². The molecule has 0 N–H and O–H groups in total. The molecule has 1 fully saturated rings. The average molecular weight is 335 g/mol. The predicted molar refractivity (Wildman–Crippen MR) is 86.7 cm³/mol. The van der Waals surface area contributed by atoms with Gasteiger partial charge in [-0.25, -0.2) is 4.68 Å².